The molecule has 0 aliphatic rings. The summed E-state index contributed by atoms with van der Waals surface area (Å²) in [6.07, 6.45) is 0.277. The molecule has 1 atom stereocenters. The molecule has 0 radical (unpaired) electrons. The second-order valence-electron chi connectivity index (χ2n) is 5.53. The normalized spacial score (nSPS) is 12.0. The first-order valence-corrected chi connectivity index (χ1v) is 10.2. The summed E-state index contributed by atoms with van der Waals surface area (Å²) in [6, 6.07) is 5.01. The number of esters is 1. The van der Waals surface area contributed by atoms with Crippen LogP contribution in [0.4, 0.5) is 0 Å². The van der Waals surface area contributed by atoms with Gasteiger partial charge in [-0.25, -0.2) is 13.1 Å². The van der Waals surface area contributed by atoms with Gasteiger partial charge in [0.15, 0.2) is 23.0 Å². The van der Waals surface area contributed by atoms with Gasteiger partial charge in [0, 0.05) is 13.5 Å². The highest BCUT2D eigenvalue weighted by Crippen LogP contribution is 2.51. The number of alkyl halides is 1. The van der Waals surface area contributed by atoms with Gasteiger partial charge in [-0.3, -0.25) is 4.79 Å². The molecular weight excluding hydrogens is 458 g/mol. The lowest BCUT2D eigenvalue weighted by Gasteiger charge is -2.11. The van der Waals surface area contributed by atoms with Gasteiger partial charge in [0.25, 0.3) is 0 Å². The Morgan fingerprint density at radius 1 is 1.29 bits per heavy atom. The van der Waals surface area contributed by atoms with Crippen LogP contribution in [0, 0.1) is 0 Å². The van der Waals surface area contributed by atoms with Crippen LogP contribution in [0.3, 0.4) is 0 Å². The molecule has 2 rings (SSSR count). The molecule has 0 fully saturated rings. The average molecular weight is 478 g/mol. The predicted molar refractivity (Wildman–Crippen MR) is 105 cm³/mol. The summed E-state index contributed by atoms with van der Waals surface area (Å²) in [4.78, 5) is 10.9. The summed E-state index contributed by atoms with van der Waals surface area (Å²) < 4.78 is 45.1. The van der Waals surface area contributed by atoms with Crippen molar-refractivity contribution in [2.45, 2.75) is 18.2 Å². The van der Waals surface area contributed by atoms with E-state index >= 15 is 0 Å². The van der Waals surface area contributed by atoms with E-state index in [9.17, 15) is 18.3 Å². The second-order valence-corrected chi connectivity index (χ2v) is 7.47. The number of ether oxygens (including phenoxy) is 3. The Morgan fingerprint density at radius 2 is 2.00 bits per heavy atom. The number of aromatic hydroxyl groups is 1. The Hall–Kier alpha value is -2.24. The zero-order valence-electron chi connectivity index (χ0n) is 15.4. The summed E-state index contributed by atoms with van der Waals surface area (Å²) in [6.45, 7) is 1.31. The van der Waals surface area contributed by atoms with Gasteiger partial charge >= 0.3 is 5.97 Å². The molecule has 1 aromatic carbocycles. The zero-order valence-corrected chi connectivity index (χ0v) is 17.8. The SMILES string of the molecule is COc1cccc(-c2oc(C(Br)CCN[SH](=O)=O)c(OC(C)=O)c2O)c1OC. The minimum atomic E-state index is -2.74. The van der Waals surface area contributed by atoms with Crippen LogP contribution in [0.2, 0.25) is 0 Å². The number of hydrogen-bond acceptors (Lipinski definition) is 8. The molecule has 154 valence electrons. The molecule has 2 N–H and O–H groups in total. The van der Waals surface area contributed by atoms with Crippen LogP contribution in [0.5, 0.6) is 23.0 Å². The van der Waals surface area contributed by atoms with Gasteiger partial charge in [-0.05, 0) is 18.6 Å². The van der Waals surface area contributed by atoms with Gasteiger partial charge < -0.3 is 23.7 Å². The van der Waals surface area contributed by atoms with Crippen molar-refractivity contribution in [1.29, 1.82) is 0 Å². The highest BCUT2D eigenvalue weighted by Gasteiger charge is 2.30. The maximum Gasteiger partial charge on any atom is 0.308 e. The molecule has 0 aliphatic heterocycles. The third kappa shape index (κ3) is 4.97. The van der Waals surface area contributed by atoms with Gasteiger partial charge in [-0.1, -0.05) is 22.0 Å². The third-order valence-corrected chi connectivity index (χ3v) is 5.04. The largest absolute Gasteiger partial charge is 0.502 e. The average Bonchev–Trinajstić information content (AvgIpc) is 2.96. The molecule has 1 heterocycles. The number of halogens is 1. The van der Waals surface area contributed by atoms with Crippen LogP contribution >= 0.6 is 15.9 Å². The predicted octanol–water partition coefficient (Wildman–Crippen LogP) is 2.54. The fraction of sp³-hybridized carbons (Fsp3) is 0.353. The third-order valence-electron chi connectivity index (χ3n) is 3.68. The maximum atomic E-state index is 11.5. The Morgan fingerprint density at radius 3 is 2.57 bits per heavy atom. The minimum Gasteiger partial charge on any atom is -0.502 e. The molecule has 0 spiro atoms. The maximum absolute atomic E-state index is 11.5. The minimum absolute atomic E-state index is 0.0225. The smallest absolute Gasteiger partial charge is 0.308 e. The topological polar surface area (TPSA) is 124 Å². The molecule has 1 unspecified atom stereocenters. The van der Waals surface area contributed by atoms with Crippen LogP contribution in [-0.2, 0) is 15.7 Å². The number of hydrogen-bond donors (Lipinski definition) is 3. The van der Waals surface area contributed by atoms with Gasteiger partial charge in [-0.2, -0.15) is 0 Å². The molecule has 0 amide bonds. The Bertz CT molecular complexity index is 916. The summed E-state index contributed by atoms with van der Waals surface area (Å²) in [5.74, 6) is -0.284. The van der Waals surface area contributed by atoms with Crippen molar-refractivity contribution in [1.82, 2.24) is 4.72 Å². The number of furan rings is 1. The summed E-state index contributed by atoms with van der Waals surface area (Å²) in [5, 5.41) is 10.7. The van der Waals surface area contributed by atoms with E-state index in [1.54, 1.807) is 18.2 Å². The van der Waals surface area contributed by atoms with Gasteiger partial charge in [0.1, 0.15) is 0 Å². The van der Waals surface area contributed by atoms with Gasteiger partial charge in [0.2, 0.25) is 22.4 Å². The number of carbonyl (C=O) groups excluding carboxylic acids is 1. The quantitative estimate of drug-likeness (QED) is 0.286. The number of benzene rings is 1. The van der Waals surface area contributed by atoms with Gasteiger partial charge in [-0.15, -0.1) is 0 Å². The molecule has 2 aromatic rings. The van der Waals surface area contributed by atoms with Crippen molar-refractivity contribution in [2.24, 2.45) is 0 Å². The molecule has 0 bridgehead atoms. The van der Waals surface area contributed by atoms with Crippen molar-refractivity contribution >= 4 is 32.8 Å². The highest BCUT2D eigenvalue weighted by molar-refractivity contribution is 9.09. The van der Waals surface area contributed by atoms with Crippen molar-refractivity contribution in [2.75, 3.05) is 20.8 Å². The number of carbonyl (C=O) groups is 1. The van der Waals surface area contributed by atoms with E-state index < -0.39 is 21.7 Å². The Kier molecular flexibility index (Phi) is 7.72. The standard InChI is InChI=1S/C17H20BrNO8S/c1-9(20)26-17-13(21)15(10-5-4-6-12(24-2)14(10)25-3)27-16(17)11(18)7-8-19-28(22)23/h4-6,11,21,28H,7-8H2,1-3H3,(H,19,22,23). The molecule has 11 heteroatoms. The van der Waals surface area contributed by atoms with Crippen LogP contribution in [0.15, 0.2) is 22.6 Å². The first-order valence-electron chi connectivity index (χ1n) is 8.07. The lowest BCUT2D eigenvalue weighted by molar-refractivity contribution is -0.132. The van der Waals surface area contributed by atoms with E-state index in [2.05, 4.69) is 20.7 Å². The van der Waals surface area contributed by atoms with E-state index in [1.807, 2.05) is 0 Å². The molecule has 0 aliphatic carbocycles. The number of nitrogens with one attached hydrogen (secondary N) is 1. The summed E-state index contributed by atoms with van der Waals surface area (Å²) in [7, 11) is 0.179. The summed E-state index contributed by atoms with van der Waals surface area (Å²) >= 11 is 3.37. The molecule has 9 nitrogen and oxygen atoms in total. The van der Waals surface area contributed by atoms with E-state index in [4.69, 9.17) is 18.6 Å². The first-order chi connectivity index (χ1) is 13.3. The molecule has 0 saturated heterocycles. The molecule has 28 heavy (non-hydrogen) atoms. The number of rotatable bonds is 9. The van der Waals surface area contributed by atoms with Gasteiger partial charge in [0.05, 0.1) is 24.6 Å². The number of methoxy groups -OCH3 is 2. The fourth-order valence-electron chi connectivity index (χ4n) is 2.54. The Balaban J connectivity index is 2.53. The van der Waals surface area contributed by atoms with Crippen LogP contribution < -0.4 is 18.9 Å². The van der Waals surface area contributed by atoms with E-state index in [1.165, 1.54) is 21.1 Å². The van der Waals surface area contributed by atoms with Crippen LogP contribution in [0.25, 0.3) is 11.3 Å². The van der Waals surface area contributed by atoms with Crippen molar-refractivity contribution < 1.29 is 36.9 Å². The van der Waals surface area contributed by atoms with E-state index in [-0.39, 0.29) is 36.0 Å². The molecular formula is C17H20BrNO8S. The lowest BCUT2D eigenvalue weighted by Crippen LogP contribution is -2.14. The zero-order chi connectivity index (χ0) is 20.8. The summed E-state index contributed by atoms with van der Waals surface area (Å²) in [5.41, 5.74) is 0.388. The first kappa shape index (κ1) is 22.1. The van der Waals surface area contributed by atoms with Crippen molar-refractivity contribution in [3.05, 3.63) is 24.0 Å². The van der Waals surface area contributed by atoms with Crippen molar-refractivity contribution in [3.63, 3.8) is 0 Å². The van der Waals surface area contributed by atoms with Crippen LogP contribution in [-0.4, -0.2) is 40.3 Å². The fourth-order valence-corrected chi connectivity index (χ4v) is 3.38. The van der Waals surface area contributed by atoms with Crippen molar-refractivity contribution in [3.8, 4) is 34.3 Å². The lowest BCUT2D eigenvalue weighted by atomic mass is 10.1. The van der Waals surface area contributed by atoms with E-state index in [0.717, 1.165) is 0 Å². The molecule has 0 saturated carbocycles. The van der Waals surface area contributed by atoms with Crippen LogP contribution in [0.1, 0.15) is 23.9 Å². The Labute approximate surface area is 171 Å². The number of para-hydroxylation sites is 1. The monoisotopic (exact) mass is 477 g/mol. The highest BCUT2D eigenvalue weighted by atomic mass is 79.9. The molecule has 1 aromatic heterocycles. The van der Waals surface area contributed by atoms with E-state index in [0.29, 0.717) is 17.1 Å². The second kappa shape index (κ2) is 9.80. The number of thiol groups is 1.